The molecule has 29 heavy (non-hydrogen) atoms. The molecular weight excluding hydrogens is 360 g/mol. The standard InChI is InChI=1S/C26H26O3/c1-14-15(2)17(4)23(18(5)16(14)3)13-28-24-12-11-21-20-9-7-8-10-22(20)26(27)29-25(21)19(24)6/h7-12H,13H2,1-6H3. The number of rotatable bonds is 3. The van der Waals surface area contributed by atoms with Crippen LogP contribution >= 0.6 is 0 Å². The normalized spacial score (nSPS) is 11.4. The molecule has 0 aliphatic heterocycles. The average molecular weight is 386 g/mol. The van der Waals surface area contributed by atoms with Gasteiger partial charge in [-0.15, -0.1) is 0 Å². The molecule has 3 nitrogen and oxygen atoms in total. The maximum Gasteiger partial charge on any atom is 0.344 e. The van der Waals surface area contributed by atoms with E-state index in [1.165, 1.54) is 33.4 Å². The summed E-state index contributed by atoms with van der Waals surface area (Å²) in [6.45, 7) is 13.3. The Bertz CT molecular complexity index is 1300. The summed E-state index contributed by atoms with van der Waals surface area (Å²) in [5, 5.41) is 2.44. The molecule has 0 spiro atoms. The number of hydrogen-bond acceptors (Lipinski definition) is 3. The van der Waals surface area contributed by atoms with Gasteiger partial charge in [0.2, 0.25) is 0 Å². The van der Waals surface area contributed by atoms with Crippen LogP contribution in [0.15, 0.2) is 45.6 Å². The first kappa shape index (κ1) is 19.3. The first-order valence-corrected chi connectivity index (χ1v) is 9.95. The summed E-state index contributed by atoms with van der Waals surface area (Å²) >= 11 is 0. The quantitative estimate of drug-likeness (QED) is 0.303. The minimum Gasteiger partial charge on any atom is -0.488 e. The topological polar surface area (TPSA) is 39.4 Å². The minimum atomic E-state index is -0.315. The highest BCUT2D eigenvalue weighted by Gasteiger charge is 2.15. The van der Waals surface area contributed by atoms with Crippen molar-refractivity contribution in [3.63, 3.8) is 0 Å². The van der Waals surface area contributed by atoms with Crippen molar-refractivity contribution in [2.75, 3.05) is 0 Å². The van der Waals surface area contributed by atoms with Crippen LogP contribution in [0.2, 0.25) is 0 Å². The van der Waals surface area contributed by atoms with Gasteiger partial charge in [0.25, 0.3) is 0 Å². The zero-order valence-electron chi connectivity index (χ0n) is 17.9. The van der Waals surface area contributed by atoms with Gasteiger partial charge < -0.3 is 9.15 Å². The number of ether oxygens (including phenoxy) is 1. The molecule has 1 heterocycles. The van der Waals surface area contributed by atoms with E-state index in [0.29, 0.717) is 17.6 Å². The lowest BCUT2D eigenvalue weighted by molar-refractivity contribution is 0.302. The molecule has 0 unspecified atom stereocenters. The van der Waals surface area contributed by atoms with Gasteiger partial charge in [-0.1, -0.05) is 18.2 Å². The lowest BCUT2D eigenvalue weighted by Crippen LogP contribution is -2.07. The molecule has 3 aromatic carbocycles. The Morgan fingerprint density at radius 1 is 0.690 bits per heavy atom. The van der Waals surface area contributed by atoms with Gasteiger partial charge in [0.05, 0.1) is 5.39 Å². The number of fused-ring (bicyclic) bond motifs is 3. The average Bonchev–Trinajstić information content (AvgIpc) is 2.73. The van der Waals surface area contributed by atoms with Crippen molar-refractivity contribution in [2.45, 2.75) is 48.1 Å². The monoisotopic (exact) mass is 386 g/mol. The molecule has 0 saturated carbocycles. The van der Waals surface area contributed by atoms with Crippen LogP contribution in [0.5, 0.6) is 5.75 Å². The van der Waals surface area contributed by atoms with E-state index in [0.717, 1.165) is 22.1 Å². The van der Waals surface area contributed by atoms with Crippen molar-refractivity contribution < 1.29 is 9.15 Å². The lowest BCUT2D eigenvalue weighted by atomic mass is 9.90. The van der Waals surface area contributed by atoms with Crippen molar-refractivity contribution >= 4 is 21.7 Å². The van der Waals surface area contributed by atoms with Crippen molar-refractivity contribution in [1.82, 2.24) is 0 Å². The van der Waals surface area contributed by atoms with E-state index in [9.17, 15) is 4.79 Å². The predicted molar refractivity (Wildman–Crippen MR) is 119 cm³/mol. The summed E-state index contributed by atoms with van der Waals surface area (Å²) in [5.41, 5.74) is 8.90. The fourth-order valence-electron chi connectivity index (χ4n) is 4.16. The van der Waals surface area contributed by atoms with E-state index in [4.69, 9.17) is 9.15 Å². The van der Waals surface area contributed by atoms with Crippen LogP contribution in [0.4, 0.5) is 0 Å². The zero-order chi connectivity index (χ0) is 20.9. The second kappa shape index (κ2) is 7.07. The largest absolute Gasteiger partial charge is 0.488 e. The van der Waals surface area contributed by atoms with E-state index in [-0.39, 0.29) is 5.63 Å². The van der Waals surface area contributed by atoms with Crippen LogP contribution in [0, 0.1) is 41.5 Å². The molecule has 0 amide bonds. The molecule has 0 atom stereocenters. The highest BCUT2D eigenvalue weighted by Crippen LogP contribution is 2.32. The van der Waals surface area contributed by atoms with E-state index in [1.54, 1.807) is 6.07 Å². The minimum absolute atomic E-state index is 0.315. The molecule has 0 radical (unpaired) electrons. The first-order valence-electron chi connectivity index (χ1n) is 9.95. The fraction of sp³-hybridized carbons (Fsp3) is 0.269. The number of hydrogen-bond donors (Lipinski definition) is 0. The molecule has 0 saturated heterocycles. The van der Waals surface area contributed by atoms with Crippen molar-refractivity contribution in [3.8, 4) is 5.75 Å². The highest BCUT2D eigenvalue weighted by molar-refractivity contribution is 6.05. The molecule has 148 valence electrons. The molecule has 0 aliphatic carbocycles. The Morgan fingerprint density at radius 3 is 1.93 bits per heavy atom. The van der Waals surface area contributed by atoms with Crippen LogP contribution in [0.1, 0.15) is 38.9 Å². The van der Waals surface area contributed by atoms with Crippen molar-refractivity contribution in [2.24, 2.45) is 0 Å². The molecule has 0 aliphatic rings. The van der Waals surface area contributed by atoms with Crippen LogP contribution in [0.3, 0.4) is 0 Å². The Morgan fingerprint density at radius 2 is 1.28 bits per heavy atom. The van der Waals surface area contributed by atoms with Gasteiger partial charge in [-0.3, -0.25) is 0 Å². The maximum absolute atomic E-state index is 12.4. The molecule has 0 fully saturated rings. The molecule has 0 N–H and O–H groups in total. The summed E-state index contributed by atoms with van der Waals surface area (Å²) in [6.07, 6.45) is 0. The molecule has 4 aromatic rings. The molecule has 4 rings (SSSR count). The van der Waals surface area contributed by atoms with Crippen molar-refractivity contribution in [1.29, 1.82) is 0 Å². The summed E-state index contributed by atoms with van der Waals surface area (Å²) in [5.74, 6) is 0.741. The Hall–Kier alpha value is -3.07. The second-order valence-corrected chi connectivity index (χ2v) is 7.89. The van der Waals surface area contributed by atoms with Gasteiger partial charge in [-0.25, -0.2) is 4.79 Å². The third-order valence-corrected chi connectivity index (χ3v) is 6.52. The van der Waals surface area contributed by atoms with Gasteiger partial charge in [-0.05, 0) is 98.5 Å². The third-order valence-electron chi connectivity index (χ3n) is 6.52. The van der Waals surface area contributed by atoms with Gasteiger partial charge in [0.1, 0.15) is 17.9 Å². The highest BCUT2D eigenvalue weighted by atomic mass is 16.5. The van der Waals surface area contributed by atoms with Gasteiger partial charge >= 0.3 is 5.63 Å². The lowest BCUT2D eigenvalue weighted by Gasteiger charge is -2.19. The van der Waals surface area contributed by atoms with Gasteiger partial charge in [-0.2, -0.15) is 0 Å². The first-order chi connectivity index (χ1) is 13.8. The van der Waals surface area contributed by atoms with Crippen LogP contribution < -0.4 is 10.4 Å². The molecule has 1 aromatic heterocycles. The SMILES string of the molecule is Cc1c(C)c(C)c(COc2ccc3c(oc(=O)c4ccccc43)c2C)c(C)c1C. The molecule has 0 bridgehead atoms. The zero-order valence-corrected chi connectivity index (χ0v) is 17.9. The van der Waals surface area contributed by atoms with Crippen LogP contribution in [0.25, 0.3) is 21.7 Å². The Labute approximate surface area is 170 Å². The second-order valence-electron chi connectivity index (χ2n) is 7.89. The van der Waals surface area contributed by atoms with E-state index < -0.39 is 0 Å². The van der Waals surface area contributed by atoms with Gasteiger partial charge in [0.15, 0.2) is 0 Å². The summed E-state index contributed by atoms with van der Waals surface area (Å²) in [6, 6.07) is 11.5. The number of benzene rings is 3. The molecular formula is C26H26O3. The fourth-order valence-corrected chi connectivity index (χ4v) is 4.16. The summed E-state index contributed by atoms with van der Waals surface area (Å²) in [4.78, 5) is 12.4. The van der Waals surface area contributed by atoms with E-state index >= 15 is 0 Å². The van der Waals surface area contributed by atoms with Crippen LogP contribution in [-0.4, -0.2) is 0 Å². The predicted octanol–water partition coefficient (Wildman–Crippen LogP) is 6.38. The third kappa shape index (κ3) is 3.02. The molecule has 3 heteroatoms. The van der Waals surface area contributed by atoms with E-state index in [2.05, 4.69) is 34.6 Å². The summed E-state index contributed by atoms with van der Waals surface area (Å²) in [7, 11) is 0. The maximum atomic E-state index is 12.4. The Balaban J connectivity index is 1.78. The number of aryl methyl sites for hydroxylation is 1. The van der Waals surface area contributed by atoms with Crippen LogP contribution in [-0.2, 0) is 6.61 Å². The van der Waals surface area contributed by atoms with Crippen molar-refractivity contribution in [3.05, 3.63) is 85.8 Å². The van der Waals surface area contributed by atoms with E-state index in [1.807, 2.05) is 37.3 Å². The Kier molecular flexibility index (Phi) is 4.70. The smallest absolute Gasteiger partial charge is 0.344 e. The van der Waals surface area contributed by atoms with Gasteiger partial charge in [0, 0.05) is 10.9 Å². The summed E-state index contributed by atoms with van der Waals surface area (Å²) < 4.78 is 11.9.